The Balaban J connectivity index is 1.79. The Hall–Kier alpha value is -4.46. The van der Waals surface area contributed by atoms with Crippen LogP contribution in [-0.2, 0) is 19.1 Å². The first-order valence-electron chi connectivity index (χ1n) is 11.8. The van der Waals surface area contributed by atoms with Crippen LogP contribution in [0.2, 0.25) is 0 Å². The highest BCUT2D eigenvalue weighted by Gasteiger charge is 2.38. The molecule has 2 aromatic carbocycles. The largest absolute Gasteiger partial charge is 0.465 e. The number of aryl methyl sites for hydroxylation is 1. The summed E-state index contributed by atoms with van der Waals surface area (Å²) in [5, 5.41) is 0. The molecule has 0 bridgehead atoms. The van der Waals surface area contributed by atoms with Crippen LogP contribution in [-0.4, -0.2) is 36.1 Å². The average Bonchev–Trinajstić information content (AvgIpc) is 3.30. The molecule has 1 aliphatic rings. The van der Waals surface area contributed by atoms with Crippen LogP contribution in [0.1, 0.15) is 41.2 Å². The summed E-state index contributed by atoms with van der Waals surface area (Å²) in [6, 6.07) is 14.6. The summed E-state index contributed by atoms with van der Waals surface area (Å²) in [7, 11) is 1.26. The van der Waals surface area contributed by atoms with E-state index in [0.29, 0.717) is 33.9 Å². The molecule has 4 rings (SSSR count). The van der Waals surface area contributed by atoms with E-state index >= 15 is 0 Å². The number of allylic oxidation sites excluding steroid dienone is 1. The Labute approximate surface area is 214 Å². The summed E-state index contributed by atoms with van der Waals surface area (Å²) < 4.78 is 26.3. The molecule has 1 aliphatic heterocycles. The van der Waals surface area contributed by atoms with Crippen molar-refractivity contribution in [1.82, 2.24) is 4.57 Å². The van der Waals surface area contributed by atoms with E-state index in [-0.39, 0.29) is 23.6 Å². The third-order valence-electron chi connectivity index (χ3n) is 6.29. The molecule has 2 heterocycles. The third kappa shape index (κ3) is 4.58. The maximum atomic E-state index is 14.5. The number of carbonyl (C=O) groups is 3. The Morgan fingerprint density at radius 1 is 1.00 bits per heavy atom. The first-order chi connectivity index (χ1) is 17.7. The van der Waals surface area contributed by atoms with Crippen molar-refractivity contribution in [1.29, 1.82) is 0 Å². The number of para-hydroxylation sites is 1. The Morgan fingerprint density at radius 3 is 2.30 bits per heavy atom. The van der Waals surface area contributed by atoms with Crippen LogP contribution >= 0.6 is 0 Å². The maximum absolute atomic E-state index is 14.5. The van der Waals surface area contributed by atoms with Gasteiger partial charge >= 0.3 is 11.9 Å². The van der Waals surface area contributed by atoms with Gasteiger partial charge in [0.25, 0.3) is 5.91 Å². The second kappa shape index (κ2) is 10.3. The van der Waals surface area contributed by atoms with Crippen LogP contribution in [0.3, 0.4) is 0 Å². The second-order valence-electron chi connectivity index (χ2n) is 8.53. The van der Waals surface area contributed by atoms with E-state index < -0.39 is 17.8 Å². The minimum atomic E-state index is -0.648. The summed E-state index contributed by atoms with van der Waals surface area (Å²) in [5.74, 6) is -1.90. The Bertz CT molecular complexity index is 1460. The lowest BCUT2D eigenvalue weighted by molar-refractivity contribution is -0.136. The van der Waals surface area contributed by atoms with Gasteiger partial charge in [-0.1, -0.05) is 12.1 Å². The van der Waals surface area contributed by atoms with Crippen LogP contribution in [0.15, 0.2) is 71.4 Å². The summed E-state index contributed by atoms with van der Waals surface area (Å²) in [6.45, 7) is 7.30. The van der Waals surface area contributed by atoms with Gasteiger partial charge in [0.05, 0.1) is 36.1 Å². The number of ether oxygens (including phenoxy) is 2. The van der Waals surface area contributed by atoms with Crippen LogP contribution in [0.25, 0.3) is 11.8 Å². The number of methoxy groups -OCH3 is 1. The highest BCUT2D eigenvalue weighted by molar-refractivity contribution is 6.24. The van der Waals surface area contributed by atoms with E-state index in [1.54, 1.807) is 67.0 Å². The smallest absolute Gasteiger partial charge is 0.340 e. The number of nitrogens with zero attached hydrogens (tertiary/aromatic N) is 2. The van der Waals surface area contributed by atoms with Crippen molar-refractivity contribution < 1.29 is 28.2 Å². The van der Waals surface area contributed by atoms with Gasteiger partial charge in [0.1, 0.15) is 5.82 Å². The predicted molar refractivity (Wildman–Crippen MR) is 138 cm³/mol. The van der Waals surface area contributed by atoms with E-state index in [0.717, 1.165) is 5.69 Å². The Morgan fingerprint density at radius 2 is 1.68 bits per heavy atom. The number of carbonyl (C=O) groups excluding carboxylic acids is 3. The molecular formula is C29H27FN2O5. The number of hydrogen-bond donors (Lipinski definition) is 0. The average molecular weight is 503 g/mol. The molecule has 0 fully saturated rings. The minimum absolute atomic E-state index is 0.137. The fourth-order valence-electron chi connectivity index (χ4n) is 4.54. The van der Waals surface area contributed by atoms with Gasteiger partial charge in [-0.3, -0.25) is 9.69 Å². The summed E-state index contributed by atoms with van der Waals surface area (Å²) in [4.78, 5) is 39.8. The summed E-state index contributed by atoms with van der Waals surface area (Å²) in [6.07, 6.45) is 1.63. The quantitative estimate of drug-likeness (QED) is 0.338. The van der Waals surface area contributed by atoms with Gasteiger partial charge in [-0.25, -0.2) is 14.0 Å². The first-order valence-corrected chi connectivity index (χ1v) is 11.8. The number of anilines is 1. The van der Waals surface area contributed by atoms with Gasteiger partial charge in [-0.15, -0.1) is 0 Å². The molecule has 37 heavy (non-hydrogen) atoms. The Kier molecular flexibility index (Phi) is 7.11. The molecule has 7 nitrogen and oxygen atoms in total. The molecule has 3 aromatic rings. The molecule has 8 heteroatoms. The number of aromatic nitrogens is 1. The summed E-state index contributed by atoms with van der Waals surface area (Å²) in [5.41, 5.74) is 4.07. The van der Waals surface area contributed by atoms with Crippen molar-refractivity contribution in [3.63, 3.8) is 0 Å². The number of amides is 1. The topological polar surface area (TPSA) is 77.8 Å². The van der Waals surface area contributed by atoms with Crippen molar-refractivity contribution in [2.45, 2.75) is 27.7 Å². The molecule has 0 saturated carbocycles. The van der Waals surface area contributed by atoms with Crippen molar-refractivity contribution in [2.75, 3.05) is 18.6 Å². The molecule has 190 valence electrons. The monoisotopic (exact) mass is 502 g/mol. The lowest BCUT2D eigenvalue weighted by Gasteiger charge is -2.18. The van der Waals surface area contributed by atoms with Gasteiger partial charge in [-0.2, -0.15) is 0 Å². The summed E-state index contributed by atoms with van der Waals surface area (Å²) >= 11 is 0. The number of esters is 2. The molecule has 1 amide bonds. The highest BCUT2D eigenvalue weighted by atomic mass is 19.1. The van der Waals surface area contributed by atoms with E-state index in [4.69, 9.17) is 9.47 Å². The van der Waals surface area contributed by atoms with Gasteiger partial charge < -0.3 is 14.0 Å². The zero-order valence-electron chi connectivity index (χ0n) is 21.3. The van der Waals surface area contributed by atoms with Crippen LogP contribution in [0, 0.1) is 19.7 Å². The van der Waals surface area contributed by atoms with Crippen LogP contribution < -0.4 is 4.90 Å². The molecule has 0 saturated heterocycles. The zero-order chi connectivity index (χ0) is 26.9. The van der Waals surface area contributed by atoms with Gasteiger partial charge in [0, 0.05) is 22.8 Å². The van der Waals surface area contributed by atoms with E-state index in [1.165, 1.54) is 18.1 Å². The fourth-order valence-corrected chi connectivity index (χ4v) is 4.54. The zero-order valence-corrected chi connectivity index (χ0v) is 21.3. The molecular weight excluding hydrogens is 475 g/mol. The standard InChI is InChI=1S/C29H27FN2O5/c1-6-37-28(34)20-11-13-22(14-12-20)32-19(4)26(29(35)36-5)23(27(32)33)16-21-15-17(2)31(18(21)3)25-10-8-7-9-24(25)30/h7-16H,6H2,1-5H3/b23-16-. The SMILES string of the molecule is CCOC(=O)c1ccc(N2C(=O)/C(=C\c3cc(C)n(-c4ccccc4F)c3C)C(C(=O)OC)=C2C)cc1. The van der Waals surface area contributed by atoms with Crippen molar-refractivity contribution in [3.05, 3.63) is 99.8 Å². The van der Waals surface area contributed by atoms with Crippen LogP contribution in [0.4, 0.5) is 10.1 Å². The molecule has 0 unspecified atom stereocenters. The van der Waals surface area contributed by atoms with E-state index in [2.05, 4.69) is 0 Å². The van der Waals surface area contributed by atoms with E-state index in [9.17, 15) is 18.8 Å². The van der Waals surface area contributed by atoms with E-state index in [1.807, 2.05) is 19.9 Å². The molecule has 0 atom stereocenters. The second-order valence-corrected chi connectivity index (χ2v) is 8.53. The fraction of sp³-hybridized carbons (Fsp3) is 0.207. The number of hydrogen-bond acceptors (Lipinski definition) is 5. The molecule has 0 N–H and O–H groups in total. The molecule has 0 spiro atoms. The van der Waals surface area contributed by atoms with Crippen LogP contribution in [0.5, 0.6) is 0 Å². The third-order valence-corrected chi connectivity index (χ3v) is 6.29. The van der Waals surface area contributed by atoms with Crippen molar-refractivity contribution in [2.24, 2.45) is 0 Å². The van der Waals surface area contributed by atoms with Gasteiger partial charge in [0.15, 0.2) is 0 Å². The number of rotatable bonds is 6. The lowest BCUT2D eigenvalue weighted by Crippen LogP contribution is -2.24. The molecule has 0 aliphatic carbocycles. The maximum Gasteiger partial charge on any atom is 0.340 e. The predicted octanol–water partition coefficient (Wildman–Crippen LogP) is 5.29. The van der Waals surface area contributed by atoms with Crippen molar-refractivity contribution in [3.8, 4) is 5.69 Å². The number of benzene rings is 2. The highest BCUT2D eigenvalue weighted by Crippen LogP contribution is 2.36. The number of halogens is 1. The van der Waals surface area contributed by atoms with Crippen molar-refractivity contribution >= 4 is 29.6 Å². The van der Waals surface area contributed by atoms with Gasteiger partial charge in [-0.05, 0) is 81.8 Å². The van der Waals surface area contributed by atoms with Gasteiger partial charge in [0.2, 0.25) is 0 Å². The molecule has 0 radical (unpaired) electrons. The first kappa shape index (κ1) is 25.6. The minimum Gasteiger partial charge on any atom is -0.465 e. The normalized spacial score (nSPS) is 14.5. The molecule has 1 aromatic heterocycles. The lowest BCUT2D eigenvalue weighted by atomic mass is 10.0.